The summed E-state index contributed by atoms with van der Waals surface area (Å²) < 4.78 is 0. The Morgan fingerprint density at radius 3 is 2.44 bits per heavy atom. The molecule has 1 heteroatoms. The quantitative estimate of drug-likeness (QED) is 0.664. The standard InChI is InChI=1S/C15H26O/c1-13(2)9-11(16)7-12-14(3,4)10-5-6-15(12,13)8-10/h10-12,16H,5-9H2,1-4H3/t10?,11?,12?,15-/m0/s1. The summed E-state index contributed by atoms with van der Waals surface area (Å²) in [5.74, 6) is 1.68. The van der Waals surface area contributed by atoms with Gasteiger partial charge >= 0.3 is 0 Å². The van der Waals surface area contributed by atoms with Crippen LogP contribution in [0.2, 0.25) is 0 Å². The van der Waals surface area contributed by atoms with E-state index in [2.05, 4.69) is 27.7 Å². The van der Waals surface area contributed by atoms with E-state index in [-0.39, 0.29) is 6.10 Å². The van der Waals surface area contributed by atoms with Gasteiger partial charge in [-0.05, 0) is 60.2 Å². The molecule has 16 heavy (non-hydrogen) atoms. The fourth-order valence-electron chi connectivity index (χ4n) is 5.79. The summed E-state index contributed by atoms with van der Waals surface area (Å²) in [7, 11) is 0. The Morgan fingerprint density at radius 1 is 1.06 bits per heavy atom. The van der Waals surface area contributed by atoms with Crippen molar-refractivity contribution in [1.82, 2.24) is 0 Å². The van der Waals surface area contributed by atoms with Crippen molar-refractivity contribution >= 4 is 0 Å². The molecule has 1 N–H and O–H groups in total. The Morgan fingerprint density at radius 2 is 1.75 bits per heavy atom. The molecule has 3 saturated carbocycles. The Kier molecular flexibility index (Phi) is 1.98. The third kappa shape index (κ3) is 1.06. The van der Waals surface area contributed by atoms with Crippen LogP contribution in [0.4, 0.5) is 0 Å². The molecule has 0 aromatic rings. The molecular formula is C15H26O. The molecule has 1 nitrogen and oxygen atoms in total. The zero-order valence-electron chi connectivity index (χ0n) is 11.2. The monoisotopic (exact) mass is 222 g/mol. The number of hydrogen-bond acceptors (Lipinski definition) is 1. The van der Waals surface area contributed by atoms with Crippen LogP contribution in [-0.2, 0) is 0 Å². The van der Waals surface area contributed by atoms with Crippen LogP contribution in [0, 0.1) is 28.1 Å². The third-order valence-corrected chi connectivity index (χ3v) is 6.77. The molecule has 1 spiro atoms. The predicted molar refractivity (Wildman–Crippen MR) is 66.1 cm³/mol. The van der Waals surface area contributed by atoms with Crippen molar-refractivity contribution in [2.45, 2.75) is 65.9 Å². The van der Waals surface area contributed by atoms with Gasteiger partial charge in [0.15, 0.2) is 0 Å². The third-order valence-electron chi connectivity index (χ3n) is 6.77. The first kappa shape index (κ1) is 11.1. The molecule has 3 rings (SSSR count). The molecule has 0 aliphatic heterocycles. The zero-order chi connectivity index (χ0) is 11.8. The number of rotatable bonds is 0. The van der Waals surface area contributed by atoms with Crippen LogP contribution >= 0.6 is 0 Å². The molecule has 4 atom stereocenters. The van der Waals surface area contributed by atoms with Crippen molar-refractivity contribution in [1.29, 1.82) is 0 Å². The topological polar surface area (TPSA) is 20.2 Å². The zero-order valence-corrected chi connectivity index (χ0v) is 11.2. The van der Waals surface area contributed by atoms with E-state index in [0.29, 0.717) is 16.2 Å². The maximum atomic E-state index is 10.1. The van der Waals surface area contributed by atoms with Crippen molar-refractivity contribution in [3.63, 3.8) is 0 Å². The van der Waals surface area contributed by atoms with Gasteiger partial charge in [-0.2, -0.15) is 0 Å². The smallest absolute Gasteiger partial charge is 0.0548 e. The first-order valence-electron chi connectivity index (χ1n) is 6.98. The van der Waals surface area contributed by atoms with Gasteiger partial charge in [0.2, 0.25) is 0 Å². The largest absolute Gasteiger partial charge is 0.393 e. The molecule has 0 aromatic carbocycles. The van der Waals surface area contributed by atoms with E-state index >= 15 is 0 Å². The van der Waals surface area contributed by atoms with Crippen LogP contribution in [0.15, 0.2) is 0 Å². The number of fused-ring (bicyclic) bond motifs is 1. The normalized spacial score (nSPS) is 52.7. The van der Waals surface area contributed by atoms with Crippen molar-refractivity contribution in [3.05, 3.63) is 0 Å². The Labute approximate surface area is 99.6 Å². The lowest BCUT2D eigenvalue weighted by atomic mass is 9.48. The van der Waals surface area contributed by atoms with E-state index in [1.807, 2.05) is 0 Å². The molecule has 92 valence electrons. The maximum absolute atomic E-state index is 10.1. The van der Waals surface area contributed by atoms with Gasteiger partial charge in [-0.15, -0.1) is 0 Å². The first-order chi connectivity index (χ1) is 7.30. The second-order valence-corrected chi connectivity index (χ2v) is 7.95. The van der Waals surface area contributed by atoms with Crippen LogP contribution < -0.4 is 0 Å². The Bertz CT molecular complexity index is 317. The summed E-state index contributed by atoms with van der Waals surface area (Å²) in [6.07, 6.45) is 6.32. The van der Waals surface area contributed by atoms with Gasteiger partial charge < -0.3 is 5.11 Å². The second kappa shape index (κ2) is 2.85. The van der Waals surface area contributed by atoms with E-state index < -0.39 is 0 Å². The molecule has 2 bridgehead atoms. The van der Waals surface area contributed by atoms with E-state index in [0.717, 1.165) is 24.7 Å². The van der Waals surface area contributed by atoms with Gasteiger partial charge in [0.25, 0.3) is 0 Å². The highest BCUT2D eigenvalue weighted by Gasteiger charge is 2.68. The summed E-state index contributed by atoms with van der Waals surface area (Å²) in [5.41, 5.74) is 1.37. The average Bonchev–Trinajstić information content (AvgIpc) is 2.63. The van der Waals surface area contributed by atoms with E-state index in [4.69, 9.17) is 0 Å². The Hall–Kier alpha value is -0.0400. The molecular weight excluding hydrogens is 196 g/mol. The highest BCUT2D eigenvalue weighted by molar-refractivity contribution is 5.17. The molecule has 0 radical (unpaired) electrons. The minimum absolute atomic E-state index is 0.0516. The molecule has 3 aliphatic carbocycles. The van der Waals surface area contributed by atoms with Crippen LogP contribution in [0.3, 0.4) is 0 Å². The molecule has 0 saturated heterocycles. The van der Waals surface area contributed by atoms with Gasteiger partial charge in [-0.25, -0.2) is 0 Å². The molecule has 3 aliphatic rings. The van der Waals surface area contributed by atoms with E-state index in [9.17, 15) is 5.11 Å². The second-order valence-electron chi connectivity index (χ2n) is 7.95. The Balaban J connectivity index is 2.07. The van der Waals surface area contributed by atoms with Crippen LogP contribution in [0.1, 0.15) is 59.8 Å². The van der Waals surface area contributed by atoms with Gasteiger partial charge in [0.05, 0.1) is 6.10 Å². The van der Waals surface area contributed by atoms with Crippen molar-refractivity contribution in [2.24, 2.45) is 28.1 Å². The first-order valence-corrected chi connectivity index (χ1v) is 6.98. The van der Waals surface area contributed by atoms with Gasteiger partial charge in [-0.1, -0.05) is 27.7 Å². The minimum Gasteiger partial charge on any atom is -0.393 e. The highest BCUT2D eigenvalue weighted by atomic mass is 16.3. The van der Waals surface area contributed by atoms with Crippen molar-refractivity contribution < 1.29 is 5.11 Å². The lowest BCUT2D eigenvalue weighted by Gasteiger charge is -2.57. The lowest BCUT2D eigenvalue weighted by Crippen LogP contribution is -2.51. The molecule has 3 unspecified atom stereocenters. The van der Waals surface area contributed by atoms with Crippen LogP contribution in [0.5, 0.6) is 0 Å². The summed E-state index contributed by atoms with van der Waals surface area (Å²) in [4.78, 5) is 0. The number of aliphatic hydroxyl groups is 1. The summed E-state index contributed by atoms with van der Waals surface area (Å²) in [5, 5.41) is 10.1. The lowest BCUT2D eigenvalue weighted by molar-refractivity contribution is -0.111. The summed E-state index contributed by atoms with van der Waals surface area (Å²) >= 11 is 0. The van der Waals surface area contributed by atoms with Gasteiger partial charge in [-0.3, -0.25) is 0 Å². The molecule has 3 fully saturated rings. The molecule has 0 heterocycles. The predicted octanol–water partition coefficient (Wildman–Crippen LogP) is 3.61. The minimum atomic E-state index is -0.0516. The summed E-state index contributed by atoms with van der Waals surface area (Å²) in [6, 6.07) is 0. The maximum Gasteiger partial charge on any atom is 0.0548 e. The van der Waals surface area contributed by atoms with E-state index in [1.165, 1.54) is 19.3 Å². The molecule has 0 aromatic heterocycles. The van der Waals surface area contributed by atoms with Gasteiger partial charge in [0, 0.05) is 0 Å². The highest BCUT2D eigenvalue weighted by Crippen LogP contribution is 2.75. The SMILES string of the molecule is CC1(C)C2CC[C@]3(C2)C1CC(O)CC3(C)C. The van der Waals surface area contributed by atoms with E-state index in [1.54, 1.807) is 0 Å². The van der Waals surface area contributed by atoms with Gasteiger partial charge in [0.1, 0.15) is 0 Å². The van der Waals surface area contributed by atoms with Crippen LogP contribution in [0.25, 0.3) is 0 Å². The fourth-order valence-corrected chi connectivity index (χ4v) is 5.79. The number of hydrogen-bond donors (Lipinski definition) is 1. The van der Waals surface area contributed by atoms with Crippen LogP contribution in [-0.4, -0.2) is 11.2 Å². The molecule has 0 amide bonds. The number of aliphatic hydroxyl groups excluding tert-OH is 1. The van der Waals surface area contributed by atoms with Crippen molar-refractivity contribution in [2.75, 3.05) is 0 Å². The summed E-state index contributed by atoms with van der Waals surface area (Å²) in [6.45, 7) is 9.73. The fraction of sp³-hybridized carbons (Fsp3) is 1.00. The average molecular weight is 222 g/mol. The van der Waals surface area contributed by atoms with Crippen molar-refractivity contribution in [3.8, 4) is 0 Å².